The molecule has 2 aromatic carbocycles. The van der Waals surface area contributed by atoms with Crippen molar-refractivity contribution < 1.29 is 14.5 Å². The number of rotatable bonds is 5. The second-order valence-electron chi connectivity index (χ2n) is 5.01. The molecule has 6 nitrogen and oxygen atoms in total. The Hall–Kier alpha value is -2.41. The van der Waals surface area contributed by atoms with Crippen LogP contribution in [0.1, 0.15) is 11.1 Å². The van der Waals surface area contributed by atoms with Crippen LogP contribution < -0.4 is 10.1 Å². The number of hydrogen-bond donors (Lipinski definition) is 1. The Morgan fingerprint density at radius 1 is 1.22 bits per heavy atom. The van der Waals surface area contributed by atoms with Crippen molar-refractivity contribution in [3.8, 4) is 5.75 Å². The van der Waals surface area contributed by atoms with E-state index in [4.69, 9.17) is 4.74 Å². The van der Waals surface area contributed by atoms with Crippen LogP contribution in [-0.2, 0) is 4.79 Å². The van der Waals surface area contributed by atoms with E-state index in [9.17, 15) is 14.9 Å². The van der Waals surface area contributed by atoms with Crippen molar-refractivity contribution in [1.82, 2.24) is 0 Å². The number of nitrogens with one attached hydrogen (secondary N) is 1. The van der Waals surface area contributed by atoms with Gasteiger partial charge in [-0.1, -0.05) is 15.9 Å². The van der Waals surface area contributed by atoms with Crippen LogP contribution in [0, 0.1) is 24.0 Å². The fourth-order valence-electron chi connectivity index (χ4n) is 2.13. The lowest BCUT2D eigenvalue weighted by molar-refractivity contribution is -0.384. The third-order valence-electron chi connectivity index (χ3n) is 3.13. The zero-order valence-corrected chi connectivity index (χ0v) is 14.2. The first-order valence-corrected chi connectivity index (χ1v) is 7.60. The lowest BCUT2D eigenvalue weighted by Gasteiger charge is -2.12. The van der Waals surface area contributed by atoms with E-state index in [1.807, 2.05) is 26.0 Å². The van der Waals surface area contributed by atoms with Gasteiger partial charge in [-0.25, -0.2) is 0 Å². The first-order valence-electron chi connectivity index (χ1n) is 6.80. The number of nitrogens with zero attached hydrogens (tertiary/aromatic N) is 1. The monoisotopic (exact) mass is 378 g/mol. The summed E-state index contributed by atoms with van der Waals surface area (Å²) < 4.78 is 6.53. The lowest BCUT2D eigenvalue weighted by Crippen LogP contribution is -2.20. The van der Waals surface area contributed by atoms with Gasteiger partial charge in [-0.05, 0) is 49.2 Å². The average Bonchev–Trinajstić information content (AvgIpc) is 2.46. The molecular weight excluding hydrogens is 364 g/mol. The number of nitro benzene ring substituents is 1. The highest BCUT2D eigenvalue weighted by molar-refractivity contribution is 9.10. The van der Waals surface area contributed by atoms with E-state index in [0.29, 0.717) is 11.4 Å². The van der Waals surface area contributed by atoms with Crippen molar-refractivity contribution in [3.63, 3.8) is 0 Å². The molecule has 0 spiro atoms. The molecule has 0 aliphatic heterocycles. The van der Waals surface area contributed by atoms with Crippen molar-refractivity contribution in [2.24, 2.45) is 0 Å². The van der Waals surface area contributed by atoms with Crippen LogP contribution in [0.4, 0.5) is 11.4 Å². The third-order valence-corrected chi connectivity index (χ3v) is 3.59. The van der Waals surface area contributed by atoms with Crippen LogP contribution in [0.15, 0.2) is 40.9 Å². The number of aryl methyl sites for hydroxylation is 2. The molecule has 0 saturated heterocycles. The minimum Gasteiger partial charge on any atom is -0.483 e. The Labute approximate surface area is 141 Å². The van der Waals surface area contributed by atoms with Gasteiger partial charge in [0.1, 0.15) is 5.75 Å². The summed E-state index contributed by atoms with van der Waals surface area (Å²) in [6.45, 7) is 3.67. The summed E-state index contributed by atoms with van der Waals surface area (Å²) in [6.07, 6.45) is 0. The number of amides is 1. The Bertz CT molecular complexity index is 721. The molecule has 23 heavy (non-hydrogen) atoms. The number of carbonyl (C=O) groups is 1. The van der Waals surface area contributed by atoms with Crippen LogP contribution in [0.2, 0.25) is 0 Å². The van der Waals surface area contributed by atoms with Crippen molar-refractivity contribution in [2.45, 2.75) is 13.8 Å². The first-order chi connectivity index (χ1) is 10.9. The van der Waals surface area contributed by atoms with Crippen LogP contribution in [-0.4, -0.2) is 17.4 Å². The second kappa shape index (κ2) is 7.23. The van der Waals surface area contributed by atoms with Crippen LogP contribution in [0.5, 0.6) is 5.75 Å². The highest BCUT2D eigenvalue weighted by atomic mass is 79.9. The van der Waals surface area contributed by atoms with Gasteiger partial charge in [0.2, 0.25) is 0 Å². The van der Waals surface area contributed by atoms with Gasteiger partial charge in [0, 0.05) is 22.3 Å². The van der Waals surface area contributed by atoms with Crippen molar-refractivity contribution in [3.05, 3.63) is 62.1 Å². The number of halogens is 1. The van der Waals surface area contributed by atoms with Gasteiger partial charge in [0.15, 0.2) is 6.61 Å². The maximum absolute atomic E-state index is 11.9. The predicted octanol–water partition coefficient (Wildman–Crippen LogP) is 3.99. The van der Waals surface area contributed by atoms with E-state index in [1.165, 1.54) is 24.3 Å². The summed E-state index contributed by atoms with van der Waals surface area (Å²) in [7, 11) is 0. The van der Waals surface area contributed by atoms with Crippen LogP contribution in [0.25, 0.3) is 0 Å². The van der Waals surface area contributed by atoms with E-state index in [2.05, 4.69) is 21.2 Å². The Balaban J connectivity index is 1.96. The smallest absolute Gasteiger partial charge is 0.269 e. The molecule has 2 aromatic rings. The van der Waals surface area contributed by atoms with E-state index >= 15 is 0 Å². The van der Waals surface area contributed by atoms with Gasteiger partial charge < -0.3 is 10.1 Å². The molecule has 0 aromatic heterocycles. The van der Waals surface area contributed by atoms with Crippen LogP contribution in [0.3, 0.4) is 0 Å². The molecule has 0 aliphatic carbocycles. The molecule has 0 heterocycles. The average molecular weight is 379 g/mol. The molecule has 0 aliphatic rings. The number of benzene rings is 2. The first kappa shape index (κ1) is 17.0. The number of non-ortho nitro benzene ring substituents is 1. The topological polar surface area (TPSA) is 81.5 Å². The summed E-state index contributed by atoms with van der Waals surface area (Å²) >= 11 is 3.40. The van der Waals surface area contributed by atoms with Crippen molar-refractivity contribution in [2.75, 3.05) is 11.9 Å². The molecule has 0 fully saturated rings. The lowest BCUT2D eigenvalue weighted by atomic mass is 10.1. The molecule has 1 amide bonds. The maximum Gasteiger partial charge on any atom is 0.269 e. The van der Waals surface area contributed by atoms with Gasteiger partial charge in [-0.3, -0.25) is 14.9 Å². The minimum absolute atomic E-state index is 0.0274. The number of hydrogen-bond acceptors (Lipinski definition) is 4. The Morgan fingerprint density at radius 3 is 2.30 bits per heavy atom. The van der Waals surface area contributed by atoms with Crippen molar-refractivity contribution in [1.29, 1.82) is 0 Å². The Morgan fingerprint density at radius 2 is 1.78 bits per heavy atom. The molecule has 0 saturated carbocycles. The molecule has 0 bridgehead atoms. The highest BCUT2D eigenvalue weighted by Crippen LogP contribution is 2.27. The number of ether oxygens (including phenoxy) is 1. The van der Waals surface area contributed by atoms with E-state index in [-0.39, 0.29) is 18.2 Å². The van der Waals surface area contributed by atoms with Gasteiger partial charge in [0.25, 0.3) is 11.6 Å². The SMILES string of the molecule is Cc1cc(Br)cc(C)c1OCC(=O)Nc1ccc([N+](=O)[O-])cc1. The summed E-state index contributed by atoms with van der Waals surface area (Å²) in [6, 6.07) is 9.45. The second-order valence-corrected chi connectivity index (χ2v) is 5.93. The van der Waals surface area contributed by atoms with E-state index in [0.717, 1.165) is 15.6 Å². The summed E-state index contributed by atoms with van der Waals surface area (Å²) in [5.74, 6) is 0.340. The standard InChI is InChI=1S/C16H15BrN2O4/c1-10-7-12(17)8-11(2)16(10)23-9-15(20)18-13-3-5-14(6-4-13)19(21)22/h3-8H,9H2,1-2H3,(H,18,20). The van der Waals surface area contributed by atoms with E-state index < -0.39 is 4.92 Å². The fraction of sp³-hybridized carbons (Fsp3) is 0.188. The van der Waals surface area contributed by atoms with Gasteiger partial charge in [-0.15, -0.1) is 0 Å². The molecule has 0 atom stereocenters. The third kappa shape index (κ3) is 4.53. The van der Waals surface area contributed by atoms with Gasteiger partial charge in [-0.2, -0.15) is 0 Å². The molecular formula is C16H15BrN2O4. The maximum atomic E-state index is 11.9. The number of anilines is 1. The molecule has 1 N–H and O–H groups in total. The number of carbonyl (C=O) groups excluding carboxylic acids is 1. The highest BCUT2D eigenvalue weighted by Gasteiger charge is 2.10. The molecule has 2 rings (SSSR count). The summed E-state index contributed by atoms with van der Waals surface area (Å²) in [5.41, 5.74) is 2.31. The number of nitro groups is 1. The Kier molecular flexibility index (Phi) is 5.33. The quantitative estimate of drug-likeness (QED) is 0.629. The zero-order valence-electron chi connectivity index (χ0n) is 12.6. The van der Waals surface area contributed by atoms with Gasteiger partial charge >= 0.3 is 0 Å². The molecule has 7 heteroatoms. The largest absolute Gasteiger partial charge is 0.483 e. The minimum atomic E-state index is -0.492. The van der Waals surface area contributed by atoms with Crippen LogP contribution >= 0.6 is 15.9 Å². The predicted molar refractivity (Wildman–Crippen MR) is 90.8 cm³/mol. The normalized spacial score (nSPS) is 10.2. The molecule has 0 unspecified atom stereocenters. The summed E-state index contributed by atoms with van der Waals surface area (Å²) in [5, 5.41) is 13.2. The zero-order chi connectivity index (χ0) is 17.0. The van der Waals surface area contributed by atoms with Crippen molar-refractivity contribution >= 4 is 33.2 Å². The fourth-order valence-corrected chi connectivity index (χ4v) is 2.81. The molecule has 0 radical (unpaired) electrons. The summed E-state index contributed by atoms with van der Waals surface area (Å²) in [4.78, 5) is 22.0. The molecule has 120 valence electrons. The van der Waals surface area contributed by atoms with Gasteiger partial charge in [0.05, 0.1) is 4.92 Å². The van der Waals surface area contributed by atoms with E-state index in [1.54, 1.807) is 0 Å².